The van der Waals surface area contributed by atoms with E-state index in [0.717, 1.165) is 18.2 Å². The van der Waals surface area contributed by atoms with E-state index in [1.54, 1.807) is 18.2 Å². The van der Waals surface area contributed by atoms with Crippen LogP contribution >= 0.6 is 0 Å². The van der Waals surface area contributed by atoms with E-state index in [2.05, 4.69) is 25.0 Å². The summed E-state index contributed by atoms with van der Waals surface area (Å²) in [6.45, 7) is -0.143. The van der Waals surface area contributed by atoms with E-state index in [1.165, 1.54) is 55.8 Å². The summed E-state index contributed by atoms with van der Waals surface area (Å²) in [5, 5.41) is 12.4. The molecule has 2 heterocycles. The fourth-order valence-corrected chi connectivity index (χ4v) is 5.11. The second-order valence-corrected chi connectivity index (χ2v) is 9.98. The molecule has 6 rings (SSSR count). The summed E-state index contributed by atoms with van der Waals surface area (Å²) < 4.78 is 79.8. The van der Waals surface area contributed by atoms with Gasteiger partial charge in [-0.25, -0.2) is 23.5 Å². The van der Waals surface area contributed by atoms with Gasteiger partial charge in [0.1, 0.15) is 28.7 Å². The molecular weight excluding hydrogens is 611 g/mol. The predicted molar refractivity (Wildman–Crippen MR) is 159 cm³/mol. The van der Waals surface area contributed by atoms with Crippen LogP contribution in [0.25, 0.3) is 22.4 Å². The molecule has 0 amide bonds. The van der Waals surface area contributed by atoms with Gasteiger partial charge in [-0.3, -0.25) is 4.99 Å². The molecule has 1 aromatic heterocycles. The van der Waals surface area contributed by atoms with Crippen molar-refractivity contribution in [3.63, 3.8) is 0 Å². The minimum atomic E-state index is -5.12. The number of benzene rings is 4. The molecule has 4 aromatic carbocycles. The Morgan fingerprint density at radius 3 is 2.41 bits per heavy atom. The van der Waals surface area contributed by atoms with Crippen LogP contribution in [0.4, 0.5) is 33.6 Å². The number of hydrogen-bond donors (Lipinski definition) is 2. The first-order chi connectivity index (χ1) is 22.0. The number of anilines is 2. The van der Waals surface area contributed by atoms with Crippen LogP contribution in [0.5, 0.6) is 11.5 Å². The SMILES string of the molecule is COc1cc(Nc2ncc3c(n2)-c2ccc(-c4ccccc4F)cc2C(c2c(F)cccc2OC(F)(F)F)=NC3)ccc1C(=O)O. The van der Waals surface area contributed by atoms with Crippen LogP contribution in [-0.2, 0) is 6.54 Å². The van der Waals surface area contributed by atoms with Crippen molar-refractivity contribution in [2.75, 3.05) is 12.4 Å². The van der Waals surface area contributed by atoms with Crippen molar-refractivity contribution in [3.8, 4) is 33.9 Å². The molecule has 0 fully saturated rings. The normalized spacial score (nSPS) is 12.3. The molecule has 1 aliphatic rings. The number of fused-ring (bicyclic) bond motifs is 3. The zero-order valence-corrected chi connectivity index (χ0v) is 23.7. The van der Waals surface area contributed by atoms with Crippen LogP contribution in [0.3, 0.4) is 0 Å². The van der Waals surface area contributed by atoms with Crippen LogP contribution in [-0.4, -0.2) is 40.2 Å². The lowest BCUT2D eigenvalue weighted by atomic mass is 9.91. The summed E-state index contributed by atoms with van der Waals surface area (Å²) in [7, 11) is 1.33. The van der Waals surface area contributed by atoms with Crippen molar-refractivity contribution in [1.82, 2.24) is 9.97 Å². The molecular formula is C33H21F5N4O4. The van der Waals surface area contributed by atoms with Crippen molar-refractivity contribution in [2.24, 2.45) is 4.99 Å². The third kappa shape index (κ3) is 5.94. The van der Waals surface area contributed by atoms with Gasteiger partial charge in [0.05, 0.1) is 30.6 Å². The highest BCUT2D eigenvalue weighted by atomic mass is 19.4. The van der Waals surface area contributed by atoms with Crippen LogP contribution in [0.15, 0.2) is 90.1 Å². The van der Waals surface area contributed by atoms with E-state index in [-0.39, 0.29) is 40.6 Å². The average Bonchev–Trinajstić information content (AvgIpc) is 3.17. The minimum Gasteiger partial charge on any atom is -0.496 e. The number of halogens is 5. The van der Waals surface area contributed by atoms with Gasteiger partial charge in [0.2, 0.25) is 5.95 Å². The van der Waals surface area contributed by atoms with Gasteiger partial charge in [-0.05, 0) is 42.0 Å². The van der Waals surface area contributed by atoms with E-state index < -0.39 is 35.3 Å². The molecule has 2 N–H and O–H groups in total. The Morgan fingerprint density at radius 2 is 1.67 bits per heavy atom. The number of methoxy groups -OCH3 is 1. The number of hydrogen-bond acceptors (Lipinski definition) is 7. The maximum absolute atomic E-state index is 15.4. The maximum atomic E-state index is 15.4. The van der Waals surface area contributed by atoms with E-state index in [0.29, 0.717) is 28.1 Å². The number of aromatic carboxylic acids is 1. The highest BCUT2D eigenvalue weighted by Gasteiger charge is 2.34. The molecule has 0 saturated carbocycles. The van der Waals surface area contributed by atoms with Gasteiger partial charge >= 0.3 is 12.3 Å². The Kier molecular flexibility index (Phi) is 7.82. The number of carbonyl (C=O) groups is 1. The molecule has 0 saturated heterocycles. The summed E-state index contributed by atoms with van der Waals surface area (Å²) in [6, 6.07) is 18.0. The second kappa shape index (κ2) is 11.9. The number of aromatic nitrogens is 2. The number of nitrogens with zero attached hydrogens (tertiary/aromatic N) is 3. The van der Waals surface area contributed by atoms with E-state index >= 15 is 4.39 Å². The largest absolute Gasteiger partial charge is 0.573 e. The lowest BCUT2D eigenvalue weighted by Crippen LogP contribution is -2.20. The summed E-state index contributed by atoms with van der Waals surface area (Å²) >= 11 is 0. The molecule has 0 radical (unpaired) electrons. The Bertz CT molecular complexity index is 2030. The molecule has 0 aliphatic carbocycles. The zero-order chi connectivity index (χ0) is 32.6. The highest BCUT2D eigenvalue weighted by molar-refractivity contribution is 6.18. The molecule has 13 heteroatoms. The Hall–Kier alpha value is -5.85. The van der Waals surface area contributed by atoms with Crippen molar-refractivity contribution in [1.29, 1.82) is 0 Å². The predicted octanol–water partition coefficient (Wildman–Crippen LogP) is 7.79. The lowest BCUT2D eigenvalue weighted by molar-refractivity contribution is -0.274. The van der Waals surface area contributed by atoms with E-state index in [9.17, 15) is 27.5 Å². The average molecular weight is 633 g/mol. The van der Waals surface area contributed by atoms with Crippen LogP contribution in [0.2, 0.25) is 0 Å². The zero-order valence-electron chi connectivity index (χ0n) is 23.7. The molecule has 1 aliphatic heterocycles. The lowest BCUT2D eigenvalue weighted by Gasteiger charge is -2.18. The van der Waals surface area contributed by atoms with Crippen molar-refractivity contribution in [2.45, 2.75) is 12.9 Å². The first kappa shape index (κ1) is 30.2. The van der Waals surface area contributed by atoms with Crippen LogP contribution < -0.4 is 14.8 Å². The van der Waals surface area contributed by atoms with Crippen LogP contribution in [0, 0.1) is 11.6 Å². The molecule has 0 atom stereocenters. The fraction of sp³-hybridized carbons (Fsp3) is 0.0909. The highest BCUT2D eigenvalue weighted by Crippen LogP contribution is 2.39. The monoisotopic (exact) mass is 632 g/mol. The Labute approximate surface area is 257 Å². The van der Waals surface area contributed by atoms with E-state index in [1.807, 2.05) is 0 Å². The number of carboxylic acids is 1. The quantitative estimate of drug-likeness (QED) is 0.177. The van der Waals surface area contributed by atoms with Crippen molar-refractivity contribution in [3.05, 3.63) is 119 Å². The fourth-order valence-electron chi connectivity index (χ4n) is 5.11. The van der Waals surface area contributed by atoms with E-state index in [4.69, 9.17) is 4.74 Å². The number of ether oxygens (including phenoxy) is 2. The van der Waals surface area contributed by atoms with Crippen molar-refractivity contribution >= 4 is 23.3 Å². The van der Waals surface area contributed by atoms with Crippen molar-refractivity contribution < 1.29 is 41.3 Å². The topological polar surface area (TPSA) is 106 Å². The molecule has 5 aromatic rings. The van der Waals surface area contributed by atoms with Gasteiger partial charge in [0.25, 0.3) is 0 Å². The molecule has 0 bridgehead atoms. The first-order valence-electron chi connectivity index (χ1n) is 13.6. The Balaban J connectivity index is 1.51. The standard InChI is InChI=1S/C33H21F5N4O4/c1-45-27-14-19(10-12-22(27)31(43)44)41-32-40-16-18-15-39-30(28-25(35)7-4-8-26(28)46-33(36,37)38)23-13-17(9-11-21(23)29(18)42-32)20-5-2-3-6-24(20)34/h2-14,16H,15H2,1H3,(H,43,44)(H,40,41,42). The third-order valence-electron chi connectivity index (χ3n) is 7.11. The van der Waals surface area contributed by atoms with Gasteiger partial charge in [-0.2, -0.15) is 0 Å². The number of aliphatic imine (C=N–C) groups is 1. The summed E-state index contributed by atoms with van der Waals surface area (Å²) in [5.74, 6) is -3.35. The maximum Gasteiger partial charge on any atom is 0.573 e. The first-order valence-corrected chi connectivity index (χ1v) is 13.6. The molecule has 8 nitrogen and oxygen atoms in total. The van der Waals surface area contributed by atoms with Gasteiger partial charge in [-0.1, -0.05) is 36.4 Å². The summed E-state index contributed by atoms with van der Waals surface area (Å²) in [5.41, 5.74) is 1.56. The van der Waals surface area contributed by atoms with Gasteiger partial charge in [0, 0.05) is 40.2 Å². The summed E-state index contributed by atoms with van der Waals surface area (Å²) in [4.78, 5) is 25.0. The molecule has 0 spiro atoms. The molecule has 232 valence electrons. The van der Waals surface area contributed by atoms with Crippen LogP contribution in [0.1, 0.15) is 27.0 Å². The number of rotatable bonds is 7. The molecule has 46 heavy (non-hydrogen) atoms. The van der Waals surface area contributed by atoms with Gasteiger partial charge in [-0.15, -0.1) is 13.2 Å². The smallest absolute Gasteiger partial charge is 0.496 e. The number of nitrogens with one attached hydrogen (secondary N) is 1. The van der Waals surface area contributed by atoms with Gasteiger partial charge < -0.3 is 19.9 Å². The minimum absolute atomic E-state index is 0.0535. The second-order valence-electron chi connectivity index (χ2n) is 9.98. The van der Waals surface area contributed by atoms with Gasteiger partial charge in [0.15, 0.2) is 0 Å². The number of alkyl halides is 3. The molecule has 0 unspecified atom stereocenters. The third-order valence-corrected chi connectivity index (χ3v) is 7.11. The Morgan fingerprint density at radius 1 is 0.891 bits per heavy atom. The number of carboxylic acid groups (broad SMARTS) is 1. The summed E-state index contributed by atoms with van der Waals surface area (Å²) in [6.07, 6.45) is -3.66.